The molecule has 2 aromatic rings. The molecular weight excluding hydrogens is 504 g/mol. The van der Waals surface area contributed by atoms with Crippen molar-refractivity contribution in [2.24, 2.45) is 11.3 Å². The van der Waals surface area contributed by atoms with E-state index >= 15 is 0 Å². The maximum atomic E-state index is 12.9. The second-order valence-electron chi connectivity index (χ2n) is 11.5. The number of halogens is 2. The first kappa shape index (κ1) is 28.1. The Kier molecular flexibility index (Phi) is 8.96. The number of alkyl halides is 2. The van der Waals surface area contributed by atoms with Crippen LogP contribution in [0.2, 0.25) is 0 Å². The highest BCUT2D eigenvalue weighted by Crippen LogP contribution is 2.41. The Morgan fingerprint density at radius 1 is 1.26 bits per heavy atom. The van der Waals surface area contributed by atoms with Crippen LogP contribution < -0.4 is 15.0 Å². The van der Waals surface area contributed by atoms with Crippen molar-refractivity contribution in [3.05, 3.63) is 35.5 Å². The summed E-state index contributed by atoms with van der Waals surface area (Å²) in [6.45, 7) is 7.30. The minimum absolute atomic E-state index is 0.0477. The molecule has 2 atom stereocenters. The van der Waals surface area contributed by atoms with E-state index in [4.69, 9.17) is 19.4 Å². The summed E-state index contributed by atoms with van der Waals surface area (Å²) in [4.78, 5) is 14.4. The first-order valence-corrected chi connectivity index (χ1v) is 14.1. The highest BCUT2D eigenvalue weighted by atomic mass is 19.3. The molecule has 0 saturated carbocycles. The average Bonchev–Trinajstić information content (AvgIpc) is 3.41. The number of likely N-dealkylation sites (N-methyl/N-ethyl adjacent to an activating group) is 1. The Morgan fingerprint density at radius 2 is 2.10 bits per heavy atom. The van der Waals surface area contributed by atoms with Crippen LogP contribution in [0.4, 0.5) is 14.6 Å². The monoisotopic (exact) mass is 545 g/mol. The van der Waals surface area contributed by atoms with E-state index in [9.17, 15) is 13.9 Å². The van der Waals surface area contributed by atoms with Gasteiger partial charge in [0.05, 0.1) is 6.54 Å². The van der Waals surface area contributed by atoms with Gasteiger partial charge in [-0.1, -0.05) is 12.1 Å². The van der Waals surface area contributed by atoms with Gasteiger partial charge in [0.2, 0.25) is 0 Å². The summed E-state index contributed by atoms with van der Waals surface area (Å²) in [7, 11) is 1.79. The number of ether oxygens (including phenoxy) is 2. The predicted molar refractivity (Wildman–Crippen MR) is 147 cm³/mol. The van der Waals surface area contributed by atoms with Gasteiger partial charge in [-0.25, -0.2) is 18.7 Å². The van der Waals surface area contributed by atoms with E-state index in [1.165, 1.54) is 0 Å². The van der Waals surface area contributed by atoms with Crippen LogP contribution in [0.15, 0.2) is 24.3 Å². The number of hydrogen-bond donors (Lipinski definition) is 2. The number of hydrogen-bond acceptors (Lipinski definition) is 8. The highest BCUT2D eigenvalue weighted by Gasteiger charge is 2.46. The van der Waals surface area contributed by atoms with E-state index in [0.717, 1.165) is 87.7 Å². The smallest absolute Gasteiger partial charge is 0.251 e. The lowest BCUT2D eigenvalue weighted by Gasteiger charge is -2.55. The number of nitrogens with zero attached hydrogens (tertiary/aromatic N) is 4. The second kappa shape index (κ2) is 12.4. The lowest BCUT2D eigenvalue weighted by molar-refractivity contribution is -0.0426. The minimum atomic E-state index is -2.29. The maximum absolute atomic E-state index is 12.9. The number of aliphatic hydroxyl groups excluding tert-OH is 1. The number of likely N-dealkylation sites (tertiary alicyclic amines) is 1. The third-order valence-corrected chi connectivity index (χ3v) is 8.18. The summed E-state index contributed by atoms with van der Waals surface area (Å²) in [5.41, 5.74) is 3.04. The van der Waals surface area contributed by atoms with Gasteiger partial charge in [-0.05, 0) is 57.7 Å². The molecule has 1 spiro atoms. The van der Waals surface area contributed by atoms with Crippen molar-refractivity contribution in [1.29, 1.82) is 0 Å². The standard InChI is InChI=1S/C29H41F2N5O3/c1-20-25(11-21-7-10-38-15-21)33-27(22-5-3-6-24(12-22)39-16-23(37)13-32-2)34-28(20)36-9-4-8-29(19-36)17-35(18-29)14-26(30)31/h3,5-6,12,21,23,26,32,37H,4,7-11,13-19H2,1-2H3/t21-,23?/m0/s1. The van der Waals surface area contributed by atoms with Crippen LogP contribution in [0, 0.1) is 18.3 Å². The Balaban J connectivity index is 1.41. The van der Waals surface area contributed by atoms with Gasteiger partial charge < -0.3 is 24.8 Å². The number of aromatic nitrogens is 2. The number of aliphatic hydroxyl groups is 1. The van der Waals surface area contributed by atoms with Crippen molar-refractivity contribution >= 4 is 5.82 Å². The van der Waals surface area contributed by atoms with Gasteiger partial charge in [0, 0.05) is 68.2 Å². The summed E-state index contributed by atoms with van der Waals surface area (Å²) in [5, 5.41) is 13.0. The largest absolute Gasteiger partial charge is 0.491 e. The molecule has 0 amide bonds. The molecule has 1 unspecified atom stereocenters. The maximum Gasteiger partial charge on any atom is 0.251 e. The van der Waals surface area contributed by atoms with Gasteiger partial charge in [-0.3, -0.25) is 4.90 Å². The van der Waals surface area contributed by atoms with Crippen LogP contribution in [0.3, 0.4) is 0 Å². The number of benzene rings is 1. The Labute approximate surface area is 229 Å². The molecule has 8 nitrogen and oxygen atoms in total. The zero-order chi connectivity index (χ0) is 27.4. The second-order valence-corrected chi connectivity index (χ2v) is 11.5. The van der Waals surface area contributed by atoms with Crippen LogP contribution in [-0.2, 0) is 11.2 Å². The lowest BCUT2D eigenvalue weighted by Crippen LogP contribution is -2.63. The van der Waals surface area contributed by atoms with Crippen LogP contribution in [0.5, 0.6) is 5.75 Å². The summed E-state index contributed by atoms with van der Waals surface area (Å²) >= 11 is 0. The lowest BCUT2D eigenvalue weighted by atomic mass is 9.73. The van der Waals surface area contributed by atoms with Gasteiger partial charge in [0.1, 0.15) is 24.3 Å². The quantitative estimate of drug-likeness (QED) is 0.446. The van der Waals surface area contributed by atoms with Crippen molar-refractivity contribution < 1.29 is 23.4 Å². The fourth-order valence-corrected chi connectivity index (χ4v) is 6.29. The zero-order valence-electron chi connectivity index (χ0n) is 23.0. The molecule has 214 valence electrons. The molecule has 10 heteroatoms. The number of piperidine rings is 1. The molecule has 0 aliphatic carbocycles. The summed E-state index contributed by atoms with van der Waals surface area (Å²) in [6, 6.07) is 7.70. The van der Waals surface area contributed by atoms with Crippen molar-refractivity contribution in [3.63, 3.8) is 0 Å². The van der Waals surface area contributed by atoms with Gasteiger partial charge >= 0.3 is 0 Å². The van der Waals surface area contributed by atoms with Gasteiger partial charge in [-0.2, -0.15) is 0 Å². The molecule has 39 heavy (non-hydrogen) atoms. The summed E-state index contributed by atoms with van der Waals surface area (Å²) in [6.07, 6.45) is 1.05. The van der Waals surface area contributed by atoms with Crippen molar-refractivity contribution in [2.75, 3.05) is 71.0 Å². The number of anilines is 1. The highest BCUT2D eigenvalue weighted by molar-refractivity contribution is 5.62. The molecule has 2 N–H and O–H groups in total. The molecule has 3 fully saturated rings. The third kappa shape index (κ3) is 6.85. The van der Waals surface area contributed by atoms with E-state index in [1.807, 2.05) is 29.2 Å². The number of nitrogens with one attached hydrogen (secondary N) is 1. The molecule has 3 aliphatic rings. The Hall–Kier alpha value is -2.40. The molecule has 1 aromatic carbocycles. The van der Waals surface area contributed by atoms with Crippen molar-refractivity contribution in [1.82, 2.24) is 20.2 Å². The minimum Gasteiger partial charge on any atom is -0.491 e. The van der Waals surface area contributed by atoms with Crippen LogP contribution in [0.1, 0.15) is 30.5 Å². The van der Waals surface area contributed by atoms with E-state index in [1.54, 1.807) is 7.05 Å². The van der Waals surface area contributed by atoms with Crippen LogP contribution >= 0.6 is 0 Å². The van der Waals surface area contributed by atoms with E-state index in [2.05, 4.69) is 17.1 Å². The van der Waals surface area contributed by atoms with Gasteiger partial charge in [-0.15, -0.1) is 0 Å². The summed E-state index contributed by atoms with van der Waals surface area (Å²) in [5.74, 6) is 2.68. The van der Waals surface area contributed by atoms with Crippen molar-refractivity contribution in [2.45, 2.75) is 45.1 Å². The molecule has 3 aliphatic heterocycles. The molecule has 3 saturated heterocycles. The van der Waals surface area contributed by atoms with Gasteiger partial charge in [0.25, 0.3) is 6.43 Å². The van der Waals surface area contributed by atoms with E-state index in [-0.39, 0.29) is 18.6 Å². The molecule has 4 heterocycles. The average molecular weight is 546 g/mol. The van der Waals surface area contributed by atoms with Crippen LogP contribution in [-0.4, -0.2) is 98.6 Å². The topological polar surface area (TPSA) is 83.0 Å². The molecule has 0 bridgehead atoms. The Bertz CT molecular complexity index is 1110. The predicted octanol–water partition coefficient (Wildman–Crippen LogP) is 3.16. The van der Waals surface area contributed by atoms with E-state index < -0.39 is 12.5 Å². The summed E-state index contributed by atoms with van der Waals surface area (Å²) < 4.78 is 37.3. The van der Waals surface area contributed by atoms with Gasteiger partial charge in [0.15, 0.2) is 5.82 Å². The fourth-order valence-electron chi connectivity index (χ4n) is 6.29. The normalized spacial score (nSPS) is 21.9. The SMILES string of the molecule is CNCC(O)COc1cccc(-c2nc(C[C@@H]3CCOC3)c(C)c(N3CCCC4(CN(CC(F)F)C4)C3)n2)c1. The molecule has 5 rings (SSSR count). The molecular formula is C29H41F2N5O3. The molecule has 1 aromatic heterocycles. The number of rotatable bonds is 11. The van der Waals surface area contributed by atoms with Crippen molar-refractivity contribution in [3.8, 4) is 17.1 Å². The first-order chi connectivity index (χ1) is 18.8. The molecule has 0 radical (unpaired) electrons. The first-order valence-electron chi connectivity index (χ1n) is 14.1. The Morgan fingerprint density at radius 3 is 2.85 bits per heavy atom. The fraction of sp³-hybridized carbons (Fsp3) is 0.655. The van der Waals surface area contributed by atoms with E-state index in [0.29, 0.717) is 24.0 Å². The third-order valence-electron chi connectivity index (χ3n) is 8.18. The zero-order valence-corrected chi connectivity index (χ0v) is 23.0. The van der Waals surface area contributed by atoms with Crippen LogP contribution in [0.25, 0.3) is 11.4 Å².